The molecule has 23 heavy (non-hydrogen) atoms. The molecular weight excluding hydrogens is 324 g/mol. The summed E-state index contributed by atoms with van der Waals surface area (Å²) in [5, 5.41) is 15.9. The number of hydrogen-bond donors (Lipinski definition) is 1. The molecule has 0 saturated carbocycles. The van der Waals surface area contributed by atoms with Gasteiger partial charge >= 0.3 is 0 Å². The third kappa shape index (κ3) is 4.18. The Balaban J connectivity index is 2.37. The standard InChI is InChI=1S/C14H14N2O6S/c1-2-21-11-4-6-12(7-5-11)22-13-8-3-10(16(17)18)9-14(13)23(15,19)20/h3-9H,2H2,1H3,(H2,15,19,20). The van der Waals surface area contributed by atoms with Gasteiger partial charge in [-0.15, -0.1) is 0 Å². The molecular formula is C14H14N2O6S. The second-order valence-electron chi connectivity index (χ2n) is 4.44. The second-order valence-corrected chi connectivity index (χ2v) is 5.97. The highest BCUT2D eigenvalue weighted by Gasteiger charge is 2.20. The number of benzene rings is 2. The van der Waals surface area contributed by atoms with Gasteiger partial charge in [-0.2, -0.15) is 0 Å². The molecule has 0 saturated heterocycles. The molecule has 0 radical (unpaired) electrons. The summed E-state index contributed by atoms with van der Waals surface area (Å²) in [5.74, 6) is 0.879. The van der Waals surface area contributed by atoms with Crippen molar-refractivity contribution in [3.63, 3.8) is 0 Å². The summed E-state index contributed by atoms with van der Waals surface area (Å²) < 4.78 is 34.0. The zero-order chi connectivity index (χ0) is 17.0. The van der Waals surface area contributed by atoms with Gasteiger partial charge in [0.1, 0.15) is 22.1 Å². The van der Waals surface area contributed by atoms with E-state index < -0.39 is 25.5 Å². The van der Waals surface area contributed by atoms with E-state index in [0.717, 1.165) is 12.1 Å². The molecule has 2 N–H and O–H groups in total. The van der Waals surface area contributed by atoms with Gasteiger partial charge in [0.05, 0.1) is 11.5 Å². The summed E-state index contributed by atoms with van der Waals surface area (Å²) >= 11 is 0. The lowest BCUT2D eigenvalue weighted by atomic mass is 10.3. The number of ether oxygens (including phenoxy) is 2. The van der Waals surface area contributed by atoms with Crippen molar-refractivity contribution in [2.75, 3.05) is 6.61 Å². The van der Waals surface area contributed by atoms with Crippen LogP contribution in [0.4, 0.5) is 5.69 Å². The van der Waals surface area contributed by atoms with Crippen molar-refractivity contribution in [2.24, 2.45) is 5.14 Å². The molecule has 2 rings (SSSR count). The van der Waals surface area contributed by atoms with Gasteiger partial charge in [-0.25, -0.2) is 13.6 Å². The highest BCUT2D eigenvalue weighted by molar-refractivity contribution is 7.89. The normalized spacial score (nSPS) is 11.0. The number of hydrogen-bond acceptors (Lipinski definition) is 6. The Morgan fingerprint density at radius 1 is 1.13 bits per heavy atom. The van der Waals surface area contributed by atoms with Gasteiger partial charge in [0.25, 0.3) is 5.69 Å². The van der Waals surface area contributed by atoms with E-state index in [9.17, 15) is 18.5 Å². The van der Waals surface area contributed by atoms with Gasteiger partial charge in [0.2, 0.25) is 10.0 Å². The summed E-state index contributed by atoms with van der Waals surface area (Å²) in [6.07, 6.45) is 0. The van der Waals surface area contributed by atoms with Crippen LogP contribution in [-0.4, -0.2) is 19.9 Å². The number of nitrogens with two attached hydrogens (primary N) is 1. The SMILES string of the molecule is CCOc1ccc(Oc2ccc([N+](=O)[O-])cc2S(N)(=O)=O)cc1. The average molecular weight is 338 g/mol. The van der Waals surface area contributed by atoms with Crippen LogP contribution in [0.15, 0.2) is 47.4 Å². The maximum Gasteiger partial charge on any atom is 0.271 e. The summed E-state index contributed by atoms with van der Waals surface area (Å²) in [6, 6.07) is 9.66. The number of non-ortho nitro benzene ring substituents is 1. The van der Waals surface area contributed by atoms with Crippen LogP contribution in [0.25, 0.3) is 0 Å². The number of nitrogens with zero attached hydrogens (tertiary/aromatic N) is 1. The molecule has 0 aliphatic carbocycles. The first-order valence-corrected chi connectivity index (χ1v) is 8.08. The van der Waals surface area contributed by atoms with Gasteiger partial charge in [-0.05, 0) is 37.3 Å². The highest BCUT2D eigenvalue weighted by atomic mass is 32.2. The van der Waals surface area contributed by atoms with Crippen LogP contribution in [-0.2, 0) is 10.0 Å². The zero-order valence-electron chi connectivity index (χ0n) is 12.1. The molecule has 0 spiro atoms. The lowest BCUT2D eigenvalue weighted by Gasteiger charge is -2.10. The molecule has 9 heteroatoms. The van der Waals surface area contributed by atoms with Crippen molar-refractivity contribution >= 4 is 15.7 Å². The summed E-state index contributed by atoms with van der Waals surface area (Å²) in [6.45, 7) is 2.36. The van der Waals surface area contributed by atoms with Crippen molar-refractivity contribution in [1.82, 2.24) is 0 Å². The maximum atomic E-state index is 11.6. The fraction of sp³-hybridized carbons (Fsp3) is 0.143. The molecule has 0 atom stereocenters. The van der Waals surface area contributed by atoms with E-state index in [4.69, 9.17) is 14.6 Å². The predicted octanol–water partition coefficient (Wildman–Crippen LogP) is 2.43. The minimum Gasteiger partial charge on any atom is -0.494 e. The van der Waals surface area contributed by atoms with Crippen LogP contribution < -0.4 is 14.6 Å². The molecule has 8 nitrogen and oxygen atoms in total. The first-order chi connectivity index (χ1) is 10.8. The molecule has 0 fully saturated rings. The van der Waals surface area contributed by atoms with Gasteiger partial charge < -0.3 is 9.47 Å². The Labute approximate surface area is 132 Å². The molecule has 2 aromatic carbocycles. The van der Waals surface area contributed by atoms with Crippen molar-refractivity contribution in [3.8, 4) is 17.2 Å². The Kier molecular flexibility index (Phi) is 4.82. The Morgan fingerprint density at radius 3 is 2.26 bits per heavy atom. The van der Waals surface area contributed by atoms with Gasteiger partial charge in [-0.1, -0.05) is 0 Å². The van der Waals surface area contributed by atoms with Crippen molar-refractivity contribution in [2.45, 2.75) is 11.8 Å². The summed E-state index contributed by atoms with van der Waals surface area (Å²) in [7, 11) is -4.18. The predicted molar refractivity (Wildman–Crippen MR) is 82.2 cm³/mol. The van der Waals surface area contributed by atoms with E-state index in [1.54, 1.807) is 24.3 Å². The van der Waals surface area contributed by atoms with Crippen LogP contribution in [0.1, 0.15) is 6.92 Å². The Morgan fingerprint density at radius 2 is 1.74 bits per heavy atom. The first kappa shape index (κ1) is 16.7. The molecule has 0 aliphatic heterocycles. The summed E-state index contributed by atoms with van der Waals surface area (Å²) in [5.41, 5.74) is -0.395. The van der Waals surface area contributed by atoms with E-state index in [-0.39, 0.29) is 5.75 Å². The average Bonchev–Trinajstić information content (AvgIpc) is 2.48. The lowest BCUT2D eigenvalue weighted by molar-refractivity contribution is -0.385. The van der Waals surface area contributed by atoms with Crippen LogP contribution in [0, 0.1) is 10.1 Å². The third-order valence-corrected chi connectivity index (χ3v) is 3.74. The largest absolute Gasteiger partial charge is 0.494 e. The van der Waals surface area contributed by atoms with Crippen molar-refractivity contribution in [3.05, 3.63) is 52.6 Å². The smallest absolute Gasteiger partial charge is 0.271 e. The molecule has 2 aromatic rings. The van der Waals surface area contributed by atoms with Crippen LogP contribution >= 0.6 is 0 Å². The molecule has 0 bridgehead atoms. The van der Waals surface area contributed by atoms with Crippen molar-refractivity contribution < 1.29 is 22.8 Å². The highest BCUT2D eigenvalue weighted by Crippen LogP contribution is 2.32. The van der Waals surface area contributed by atoms with E-state index in [1.807, 2.05) is 6.92 Å². The number of sulfonamides is 1. The fourth-order valence-corrected chi connectivity index (χ4v) is 2.49. The van der Waals surface area contributed by atoms with Crippen LogP contribution in [0.2, 0.25) is 0 Å². The second kappa shape index (κ2) is 6.63. The summed E-state index contributed by atoms with van der Waals surface area (Å²) in [4.78, 5) is 9.59. The zero-order valence-corrected chi connectivity index (χ0v) is 12.9. The van der Waals surface area contributed by atoms with E-state index >= 15 is 0 Å². The van der Waals surface area contributed by atoms with Gasteiger partial charge in [0.15, 0.2) is 0 Å². The Bertz CT molecular complexity index is 818. The van der Waals surface area contributed by atoms with Crippen molar-refractivity contribution in [1.29, 1.82) is 0 Å². The van der Waals surface area contributed by atoms with Gasteiger partial charge in [0, 0.05) is 12.1 Å². The van der Waals surface area contributed by atoms with E-state index in [1.165, 1.54) is 6.07 Å². The Hall–Kier alpha value is -2.65. The number of rotatable bonds is 6. The first-order valence-electron chi connectivity index (χ1n) is 6.53. The minimum absolute atomic E-state index is 0.0951. The van der Waals surface area contributed by atoms with E-state index in [2.05, 4.69) is 0 Å². The van der Waals surface area contributed by atoms with Crippen LogP contribution in [0.3, 0.4) is 0 Å². The monoisotopic (exact) mass is 338 g/mol. The minimum atomic E-state index is -4.18. The topological polar surface area (TPSA) is 122 Å². The number of nitro groups is 1. The third-order valence-electron chi connectivity index (χ3n) is 2.81. The quantitative estimate of drug-likeness (QED) is 0.637. The molecule has 0 heterocycles. The maximum absolute atomic E-state index is 11.6. The van der Waals surface area contributed by atoms with Crippen LogP contribution in [0.5, 0.6) is 17.2 Å². The number of nitro benzene ring substituents is 1. The molecule has 0 aromatic heterocycles. The molecule has 122 valence electrons. The number of primary sulfonamides is 1. The lowest BCUT2D eigenvalue weighted by Crippen LogP contribution is -2.13. The van der Waals surface area contributed by atoms with E-state index in [0.29, 0.717) is 18.1 Å². The molecule has 0 aliphatic rings. The van der Waals surface area contributed by atoms with Gasteiger partial charge in [-0.3, -0.25) is 10.1 Å². The molecule has 0 amide bonds. The fourth-order valence-electron chi connectivity index (χ4n) is 1.81. The molecule has 0 unspecified atom stereocenters.